The number of hydrogen-bond acceptors (Lipinski definition) is 5. The maximum absolute atomic E-state index is 13.0. The van der Waals surface area contributed by atoms with Crippen LogP contribution in [-0.2, 0) is 0 Å². The molecule has 0 saturated carbocycles. The van der Waals surface area contributed by atoms with Gasteiger partial charge in [0.15, 0.2) is 0 Å². The van der Waals surface area contributed by atoms with Gasteiger partial charge in [0.2, 0.25) is 12.3 Å². The van der Waals surface area contributed by atoms with Gasteiger partial charge in [0, 0.05) is 11.6 Å². The van der Waals surface area contributed by atoms with Gasteiger partial charge >= 0.3 is 0 Å². The van der Waals surface area contributed by atoms with Crippen molar-refractivity contribution in [2.75, 3.05) is 0 Å². The average Bonchev–Trinajstić information content (AvgIpc) is 2.69. The fourth-order valence-corrected chi connectivity index (χ4v) is 1.10. The Bertz CT molecular complexity index is 498. The number of benzene rings is 1. The first kappa shape index (κ1) is 9.25. The van der Waals surface area contributed by atoms with Gasteiger partial charge in [-0.3, -0.25) is 10.1 Å². The number of nitrogens with zero attached hydrogens (tertiary/aromatic N) is 3. The summed E-state index contributed by atoms with van der Waals surface area (Å²) < 4.78 is 17.8. The summed E-state index contributed by atoms with van der Waals surface area (Å²) in [5.74, 6) is -0.685. The van der Waals surface area contributed by atoms with Crippen LogP contribution < -0.4 is 0 Å². The lowest BCUT2D eigenvalue weighted by Gasteiger charge is -1.96. The van der Waals surface area contributed by atoms with Crippen molar-refractivity contribution in [3.63, 3.8) is 0 Å². The van der Waals surface area contributed by atoms with Crippen molar-refractivity contribution in [2.24, 2.45) is 0 Å². The summed E-state index contributed by atoms with van der Waals surface area (Å²) in [5, 5.41) is 17.4. The van der Waals surface area contributed by atoms with E-state index in [1.54, 1.807) is 0 Å². The predicted octanol–water partition coefficient (Wildman–Crippen LogP) is 1.78. The van der Waals surface area contributed by atoms with Gasteiger partial charge in [-0.25, -0.2) is 4.39 Å². The SMILES string of the molecule is O=[N+]([O-])c1cc(F)cc(-c2nnco2)c1. The quantitative estimate of drug-likeness (QED) is 0.556. The van der Waals surface area contributed by atoms with E-state index in [4.69, 9.17) is 4.42 Å². The van der Waals surface area contributed by atoms with Gasteiger partial charge in [0.25, 0.3) is 5.69 Å². The number of nitro benzene ring substituents is 1. The highest BCUT2D eigenvalue weighted by molar-refractivity contribution is 5.57. The highest BCUT2D eigenvalue weighted by Crippen LogP contribution is 2.23. The zero-order valence-corrected chi connectivity index (χ0v) is 7.25. The van der Waals surface area contributed by atoms with Crippen LogP contribution in [0.4, 0.5) is 10.1 Å². The van der Waals surface area contributed by atoms with E-state index in [-0.39, 0.29) is 17.1 Å². The molecule has 1 aromatic carbocycles. The van der Waals surface area contributed by atoms with E-state index in [9.17, 15) is 14.5 Å². The lowest BCUT2D eigenvalue weighted by Crippen LogP contribution is -1.90. The van der Waals surface area contributed by atoms with Crippen LogP contribution in [0.25, 0.3) is 11.5 Å². The molecule has 76 valence electrons. The number of aromatic nitrogens is 2. The monoisotopic (exact) mass is 209 g/mol. The Kier molecular flexibility index (Phi) is 2.13. The van der Waals surface area contributed by atoms with Crippen LogP contribution in [-0.4, -0.2) is 15.1 Å². The first-order chi connectivity index (χ1) is 7.16. The first-order valence-corrected chi connectivity index (χ1v) is 3.88. The van der Waals surface area contributed by atoms with Crippen LogP contribution in [0.2, 0.25) is 0 Å². The largest absolute Gasteiger partial charge is 0.423 e. The van der Waals surface area contributed by atoms with Gasteiger partial charge in [-0.1, -0.05) is 0 Å². The maximum Gasteiger partial charge on any atom is 0.273 e. The van der Waals surface area contributed by atoms with Gasteiger partial charge < -0.3 is 4.42 Å². The third-order valence-corrected chi connectivity index (χ3v) is 1.70. The molecule has 1 aromatic heterocycles. The van der Waals surface area contributed by atoms with Crippen LogP contribution in [0.5, 0.6) is 0 Å². The van der Waals surface area contributed by atoms with Crippen LogP contribution >= 0.6 is 0 Å². The molecule has 7 heteroatoms. The van der Waals surface area contributed by atoms with Crippen molar-refractivity contribution in [3.8, 4) is 11.5 Å². The summed E-state index contributed by atoms with van der Waals surface area (Å²) in [6.07, 6.45) is 1.06. The molecule has 0 spiro atoms. The third kappa shape index (κ3) is 1.80. The second-order valence-corrected chi connectivity index (χ2v) is 2.70. The van der Waals surface area contributed by atoms with Crippen LogP contribution in [0, 0.1) is 15.9 Å². The van der Waals surface area contributed by atoms with Gasteiger partial charge in [-0.15, -0.1) is 10.2 Å². The second-order valence-electron chi connectivity index (χ2n) is 2.70. The van der Waals surface area contributed by atoms with Crippen molar-refractivity contribution in [1.29, 1.82) is 0 Å². The molecule has 0 N–H and O–H groups in total. The van der Waals surface area contributed by atoms with Gasteiger partial charge in [0.1, 0.15) is 5.82 Å². The molecular weight excluding hydrogens is 205 g/mol. The van der Waals surface area contributed by atoms with Gasteiger partial charge in [-0.2, -0.15) is 0 Å². The summed E-state index contributed by atoms with van der Waals surface area (Å²) >= 11 is 0. The van der Waals surface area contributed by atoms with Gasteiger partial charge in [-0.05, 0) is 6.07 Å². The smallest absolute Gasteiger partial charge is 0.273 e. The predicted molar refractivity (Wildman–Crippen MR) is 46.3 cm³/mol. The lowest BCUT2D eigenvalue weighted by molar-refractivity contribution is -0.385. The molecule has 0 atom stereocenters. The molecule has 2 aromatic rings. The average molecular weight is 209 g/mol. The summed E-state index contributed by atoms with van der Waals surface area (Å²) in [5.41, 5.74) is -0.178. The molecule has 0 radical (unpaired) electrons. The normalized spacial score (nSPS) is 10.2. The summed E-state index contributed by atoms with van der Waals surface area (Å²) in [7, 11) is 0. The zero-order chi connectivity index (χ0) is 10.8. The number of rotatable bonds is 2. The van der Waals surface area contributed by atoms with E-state index in [0.717, 1.165) is 24.6 Å². The lowest BCUT2D eigenvalue weighted by atomic mass is 10.2. The summed E-state index contributed by atoms with van der Waals surface area (Å²) in [6, 6.07) is 3.07. The highest BCUT2D eigenvalue weighted by atomic mass is 19.1. The topological polar surface area (TPSA) is 82.1 Å². The van der Waals surface area contributed by atoms with Crippen LogP contribution in [0.1, 0.15) is 0 Å². The number of non-ortho nitro benzene ring substituents is 1. The van der Waals surface area contributed by atoms with Crippen molar-refractivity contribution in [1.82, 2.24) is 10.2 Å². The maximum atomic E-state index is 13.0. The van der Waals surface area contributed by atoms with E-state index in [2.05, 4.69) is 10.2 Å². The Balaban J connectivity index is 2.54. The van der Waals surface area contributed by atoms with Crippen molar-refractivity contribution in [2.45, 2.75) is 0 Å². The fourth-order valence-electron chi connectivity index (χ4n) is 1.10. The van der Waals surface area contributed by atoms with Crippen LogP contribution in [0.15, 0.2) is 29.0 Å². The first-order valence-electron chi connectivity index (χ1n) is 3.88. The third-order valence-electron chi connectivity index (χ3n) is 1.70. The summed E-state index contributed by atoms with van der Waals surface area (Å²) in [4.78, 5) is 9.76. The van der Waals surface area contributed by atoms with Crippen molar-refractivity contribution < 1.29 is 13.7 Å². The van der Waals surface area contributed by atoms with E-state index in [0.29, 0.717) is 0 Å². The minimum absolute atomic E-state index is 0.0394. The molecule has 0 fully saturated rings. The molecule has 0 aliphatic heterocycles. The second kappa shape index (κ2) is 3.45. The van der Waals surface area contributed by atoms with E-state index >= 15 is 0 Å². The fraction of sp³-hybridized carbons (Fsp3) is 0. The highest BCUT2D eigenvalue weighted by Gasteiger charge is 2.13. The molecule has 0 unspecified atom stereocenters. The minimum atomic E-state index is -0.725. The molecule has 0 amide bonds. The Labute approximate surface area is 82.5 Å². The zero-order valence-electron chi connectivity index (χ0n) is 7.25. The van der Waals surface area contributed by atoms with E-state index in [1.165, 1.54) is 0 Å². The molecule has 2 rings (SSSR count). The minimum Gasteiger partial charge on any atom is -0.423 e. The van der Waals surface area contributed by atoms with E-state index < -0.39 is 10.7 Å². The van der Waals surface area contributed by atoms with Crippen LogP contribution in [0.3, 0.4) is 0 Å². The number of nitro groups is 1. The Morgan fingerprint density at radius 2 is 2.20 bits per heavy atom. The molecule has 0 saturated heterocycles. The molecule has 15 heavy (non-hydrogen) atoms. The molecular formula is C8H4FN3O3. The number of halogens is 1. The molecule has 6 nitrogen and oxygen atoms in total. The Morgan fingerprint density at radius 3 is 2.80 bits per heavy atom. The standard InChI is InChI=1S/C8H4FN3O3/c9-6-1-5(8-11-10-4-15-8)2-7(3-6)12(13)14/h1-4H. The summed E-state index contributed by atoms with van der Waals surface area (Å²) in [6.45, 7) is 0. The van der Waals surface area contributed by atoms with Crippen molar-refractivity contribution in [3.05, 3.63) is 40.5 Å². The molecule has 1 heterocycles. The Hall–Kier alpha value is -2.31. The Morgan fingerprint density at radius 1 is 1.40 bits per heavy atom. The molecule has 0 aliphatic carbocycles. The van der Waals surface area contributed by atoms with Crippen molar-refractivity contribution >= 4 is 5.69 Å². The molecule has 0 bridgehead atoms. The molecule has 0 aliphatic rings. The number of hydrogen-bond donors (Lipinski definition) is 0. The van der Waals surface area contributed by atoms with E-state index in [1.807, 2.05) is 0 Å². The van der Waals surface area contributed by atoms with Gasteiger partial charge in [0.05, 0.1) is 11.0 Å².